The topological polar surface area (TPSA) is 113 Å². The van der Waals surface area contributed by atoms with Crippen LogP contribution in [0.1, 0.15) is 23.1 Å². The van der Waals surface area contributed by atoms with Crippen molar-refractivity contribution in [1.82, 2.24) is 30.0 Å². The molecule has 0 saturated carbocycles. The number of nitrogens with one attached hydrogen (secondary N) is 1. The van der Waals surface area contributed by atoms with Crippen LogP contribution >= 0.6 is 11.6 Å². The highest BCUT2D eigenvalue weighted by Gasteiger charge is 2.51. The smallest absolute Gasteiger partial charge is 0.246 e. The predicted octanol–water partition coefficient (Wildman–Crippen LogP) is 3.91. The van der Waals surface area contributed by atoms with E-state index in [9.17, 15) is 19.5 Å². The normalized spacial score (nSPS) is 19.0. The second-order valence-corrected chi connectivity index (χ2v) is 11.5. The summed E-state index contributed by atoms with van der Waals surface area (Å²) in [5, 5.41) is 21.5. The third-order valence-corrected chi connectivity index (χ3v) is 8.53. The van der Waals surface area contributed by atoms with Gasteiger partial charge in [-0.15, -0.1) is 6.58 Å². The molecule has 2 atom stereocenters. The molecule has 0 aliphatic carbocycles. The number of piperazine rings is 1. The molecule has 1 aromatic heterocycles. The fraction of sp³-hybridized carbons (Fsp3) is 0.273. The van der Waals surface area contributed by atoms with Gasteiger partial charge in [0.25, 0.3) is 0 Å². The van der Waals surface area contributed by atoms with E-state index in [0.29, 0.717) is 23.6 Å². The second kappa shape index (κ2) is 12.5. The van der Waals surface area contributed by atoms with Crippen molar-refractivity contribution in [2.75, 3.05) is 19.6 Å². The Balaban J connectivity index is 1.37. The molecule has 44 heavy (non-hydrogen) atoms. The van der Waals surface area contributed by atoms with Gasteiger partial charge in [0.2, 0.25) is 17.7 Å². The Labute approximate surface area is 260 Å². The summed E-state index contributed by atoms with van der Waals surface area (Å²) in [6.07, 6.45) is 1.95. The van der Waals surface area contributed by atoms with Crippen LogP contribution in [0, 0.1) is 0 Å². The van der Waals surface area contributed by atoms with Crippen LogP contribution in [0.2, 0.25) is 5.15 Å². The van der Waals surface area contributed by atoms with Crippen LogP contribution in [0.3, 0.4) is 0 Å². The monoisotopic (exact) mass is 612 g/mol. The van der Waals surface area contributed by atoms with Gasteiger partial charge in [-0.25, -0.2) is 10.0 Å². The molecule has 3 aromatic carbocycles. The number of para-hydroxylation sites is 1. The summed E-state index contributed by atoms with van der Waals surface area (Å²) in [5.41, 5.74) is 3.28. The van der Waals surface area contributed by atoms with E-state index < -0.39 is 12.2 Å². The molecule has 4 aromatic rings. The van der Waals surface area contributed by atoms with E-state index in [1.165, 1.54) is 0 Å². The Kier molecular flexibility index (Phi) is 8.36. The van der Waals surface area contributed by atoms with Crippen molar-refractivity contribution in [2.24, 2.45) is 0 Å². The van der Waals surface area contributed by atoms with Crippen LogP contribution in [0.25, 0.3) is 10.9 Å². The molecule has 6 rings (SSSR count). The van der Waals surface area contributed by atoms with Crippen LogP contribution in [0.15, 0.2) is 85.5 Å². The van der Waals surface area contributed by atoms with Gasteiger partial charge in [-0.3, -0.25) is 19.5 Å². The third-order valence-electron chi connectivity index (χ3n) is 8.24. The first kappa shape index (κ1) is 29.4. The van der Waals surface area contributed by atoms with Crippen molar-refractivity contribution in [3.05, 3.63) is 107 Å². The van der Waals surface area contributed by atoms with Gasteiger partial charge in [-0.2, -0.15) is 5.10 Å². The number of nitrogens with zero attached hydrogens (tertiary/aromatic N) is 5. The lowest BCUT2D eigenvalue weighted by Gasteiger charge is -2.55. The zero-order valence-corrected chi connectivity index (χ0v) is 24.9. The molecule has 0 unspecified atom stereocenters. The molecule has 3 amide bonds. The lowest BCUT2D eigenvalue weighted by atomic mass is 9.97. The first-order valence-corrected chi connectivity index (χ1v) is 14.9. The van der Waals surface area contributed by atoms with E-state index in [4.69, 9.17) is 11.6 Å². The number of hydrazine groups is 1. The first-order valence-electron chi connectivity index (χ1n) is 14.5. The summed E-state index contributed by atoms with van der Waals surface area (Å²) in [5.74, 6) is -0.493. The molecule has 0 radical (unpaired) electrons. The minimum absolute atomic E-state index is 0.0516. The van der Waals surface area contributed by atoms with Crippen LogP contribution in [0.4, 0.5) is 0 Å². The number of phenolic OH excluding ortho intramolecular Hbond substituents is 1. The van der Waals surface area contributed by atoms with Crippen molar-refractivity contribution in [2.45, 2.75) is 38.0 Å². The zero-order valence-electron chi connectivity index (χ0n) is 24.1. The number of benzene rings is 3. The highest BCUT2D eigenvalue weighted by Crippen LogP contribution is 2.31. The second-order valence-electron chi connectivity index (χ2n) is 11.1. The maximum absolute atomic E-state index is 14.2. The Bertz CT molecular complexity index is 1690. The van der Waals surface area contributed by atoms with Gasteiger partial charge in [0, 0.05) is 31.3 Å². The average Bonchev–Trinajstić information content (AvgIpc) is 3.41. The molecular weight excluding hydrogens is 580 g/mol. The highest BCUT2D eigenvalue weighted by molar-refractivity contribution is 6.34. The number of aryl methyl sites for hydroxylation is 1. The van der Waals surface area contributed by atoms with Crippen LogP contribution in [-0.2, 0) is 33.8 Å². The summed E-state index contributed by atoms with van der Waals surface area (Å²) in [7, 11) is 0. The van der Waals surface area contributed by atoms with Crippen molar-refractivity contribution in [3.63, 3.8) is 0 Å². The Morgan fingerprint density at radius 2 is 1.82 bits per heavy atom. The number of hydrogen-bond donors (Lipinski definition) is 2. The van der Waals surface area contributed by atoms with Crippen molar-refractivity contribution in [3.8, 4) is 5.75 Å². The molecular formula is C33H33ClN6O4. The number of fused-ring (bicyclic) bond motifs is 2. The number of aromatic hydroxyl groups is 1. The largest absolute Gasteiger partial charge is 0.508 e. The molecule has 0 bridgehead atoms. The summed E-state index contributed by atoms with van der Waals surface area (Å²) < 4.78 is 0. The number of amides is 3. The van der Waals surface area contributed by atoms with Crippen LogP contribution in [0.5, 0.6) is 5.75 Å². The molecule has 2 N–H and O–H groups in total. The Morgan fingerprint density at radius 3 is 2.57 bits per heavy atom. The number of aromatic amines is 1. The molecule has 2 saturated heterocycles. The van der Waals surface area contributed by atoms with Crippen LogP contribution < -0.4 is 0 Å². The lowest BCUT2D eigenvalue weighted by molar-refractivity contribution is -0.205. The quantitative estimate of drug-likeness (QED) is 0.277. The number of aromatic nitrogens is 2. The summed E-state index contributed by atoms with van der Waals surface area (Å²) in [6, 6.07) is 21.1. The van der Waals surface area contributed by atoms with Crippen molar-refractivity contribution in [1.29, 1.82) is 0 Å². The van der Waals surface area contributed by atoms with Crippen molar-refractivity contribution < 1.29 is 19.5 Å². The van der Waals surface area contributed by atoms with Gasteiger partial charge in [-0.1, -0.05) is 72.3 Å². The number of phenols is 1. The molecule has 2 fully saturated rings. The van der Waals surface area contributed by atoms with E-state index in [0.717, 1.165) is 22.1 Å². The molecule has 0 spiro atoms. The minimum atomic E-state index is -0.858. The fourth-order valence-electron chi connectivity index (χ4n) is 6.17. The number of carbonyl (C=O) groups is 3. The standard InChI is InChI=1S/C33H33ClN6O4/c1-2-17-38-21-30(43)39-27(18-23-11-14-25(41)15-12-23)33(44)37(19-24-9-6-10-26-31(24)35-36-32(26)34)20-28(39)40(38)29(42)16-13-22-7-4-3-5-8-22/h2-12,14-15,27-28,41H,1,13,16-21H2,(H,35,36)/t27-,28-/m0/s1. The molecule has 11 heteroatoms. The molecule has 2 aliphatic rings. The van der Waals surface area contributed by atoms with E-state index >= 15 is 0 Å². The molecule has 226 valence electrons. The number of halogens is 1. The predicted molar refractivity (Wildman–Crippen MR) is 166 cm³/mol. The van der Waals surface area contributed by atoms with Crippen LogP contribution in [-0.4, -0.2) is 84.7 Å². The summed E-state index contributed by atoms with van der Waals surface area (Å²) in [6.45, 7) is 4.44. The maximum Gasteiger partial charge on any atom is 0.246 e. The zero-order chi connectivity index (χ0) is 30.8. The molecule has 2 aliphatic heterocycles. The Hall–Kier alpha value is -4.67. The maximum atomic E-state index is 14.2. The molecule has 3 heterocycles. The number of H-pyrrole nitrogens is 1. The third kappa shape index (κ3) is 5.78. The summed E-state index contributed by atoms with van der Waals surface area (Å²) >= 11 is 6.30. The van der Waals surface area contributed by atoms with Crippen molar-refractivity contribution >= 4 is 40.2 Å². The summed E-state index contributed by atoms with van der Waals surface area (Å²) in [4.78, 5) is 45.3. The molecule has 10 nitrogen and oxygen atoms in total. The lowest BCUT2D eigenvalue weighted by Crippen LogP contribution is -2.75. The Morgan fingerprint density at radius 1 is 1.05 bits per heavy atom. The fourth-order valence-corrected chi connectivity index (χ4v) is 6.36. The van der Waals surface area contributed by atoms with E-state index in [-0.39, 0.29) is 55.9 Å². The average molecular weight is 613 g/mol. The number of hydrogen-bond acceptors (Lipinski definition) is 6. The van der Waals surface area contributed by atoms with Gasteiger partial charge in [0.1, 0.15) is 23.1 Å². The van der Waals surface area contributed by atoms with E-state index in [2.05, 4.69) is 16.8 Å². The van der Waals surface area contributed by atoms with E-state index in [1.807, 2.05) is 48.5 Å². The number of carbonyl (C=O) groups excluding carboxylic acids is 3. The van der Waals surface area contributed by atoms with Gasteiger partial charge in [0.15, 0.2) is 0 Å². The first-order chi connectivity index (χ1) is 21.3. The van der Waals surface area contributed by atoms with Gasteiger partial charge in [-0.05, 0) is 41.3 Å². The van der Waals surface area contributed by atoms with Gasteiger partial charge >= 0.3 is 0 Å². The van der Waals surface area contributed by atoms with Gasteiger partial charge in [0.05, 0.1) is 18.6 Å². The van der Waals surface area contributed by atoms with E-state index in [1.54, 1.807) is 50.2 Å². The van der Waals surface area contributed by atoms with Gasteiger partial charge < -0.3 is 14.9 Å². The number of rotatable bonds is 9. The highest BCUT2D eigenvalue weighted by atomic mass is 35.5. The SMILES string of the molecule is C=CCN1CC(=O)N2[C@@H](Cc3ccc(O)cc3)C(=O)N(Cc3cccc4c(Cl)[nH]nc34)C[C@@H]2N1C(=O)CCc1ccccc1. The minimum Gasteiger partial charge on any atom is -0.508 e.